The van der Waals surface area contributed by atoms with Gasteiger partial charge in [-0.25, -0.2) is 0 Å². The Morgan fingerprint density at radius 2 is 2.36 bits per heavy atom. The Bertz CT molecular complexity index is 191. The van der Waals surface area contributed by atoms with Crippen LogP contribution in [0.2, 0.25) is 0 Å². The van der Waals surface area contributed by atoms with Crippen LogP contribution in [0.3, 0.4) is 0 Å². The molecule has 0 aromatic carbocycles. The second kappa shape index (κ2) is 5.61. The lowest BCUT2D eigenvalue weighted by Crippen LogP contribution is -2.43. The maximum Gasteiger partial charge on any atom is 0.224 e. The molecule has 0 spiro atoms. The van der Waals surface area contributed by atoms with Gasteiger partial charge in [-0.05, 0) is 12.8 Å². The second-order valence-corrected chi connectivity index (χ2v) is 5.53. The van der Waals surface area contributed by atoms with E-state index in [2.05, 4.69) is 12.2 Å². The Hall–Kier alpha value is -0.220. The van der Waals surface area contributed by atoms with Crippen LogP contribution >= 0.6 is 11.8 Å². The standard InChI is InChI=1S/C10H20N2OS/c1-7(5-11)10(13)12-9-4-3-8(2)14-6-9/h7-9H,3-6,11H2,1-2H3,(H,12,13). The molecule has 1 aliphatic heterocycles. The van der Waals surface area contributed by atoms with Gasteiger partial charge in [-0.1, -0.05) is 13.8 Å². The first-order valence-corrected chi connectivity index (χ1v) is 6.30. The maximum atomic E-state index is 11.5. The predicted octanol–water partition coefficient (Wildman–Crippen LogP) is 0.982. The van der Waals surface area contributed by atoms with Crippen molar-refractivity contribution in [1.29, 1.82) is 0 Å². The molecule has 4 heteroatoms. The fraction of sp³-hybridized carbons (Fsp3) is 0.900. The summed E-state index contributed by atoms with van der Waals surface area (Å²) in [6.07, 6.45) is 2.31. The van der Waals surface area contributed by atoms with Crippen molar-refractivity contribution in [2.45, 2.75) is 38.0 Å². The van der Waals surface area contributed by atoms with Crippen molar-refractivity contribution >= 4 is 17.7 Å². The maximum absolute atomic E-state index is 11.5. The molecule has 1 heterocycles. The number of carbonyl (C=O) groups is 1. The third kappa shape index (κ3) is 3.50. The number of carbonyl (C=O) groups excluding carboxylic acids is 1. The third-order valence-electron chi connectivity index (χ3n) is 2.65. The molecule has 0 saturated carbocycles. The first kappa shape index (κ1) is 11.9. The first-order valence-electron chi connectivity index (χ1n) is 5.25. The highest BCUT2D eigenvalue weighted by Gasteiger charge is 2.21. The SMILES string of the molecule is CC1CCC(NC(=O)C(C)CN)CS1. The highest BCUT2D eigenvalue weighted by atomic mass is 32.2. The summed E-state index contributed by atoms with van der Waals surface area (Å²) in [5.74, 6) is 1.09. The van der Waals surface area contributed by atoms with E-state index in [4.69, 9.17) is 5.73 Å². The Balaban J connectivity index is 2.27. The monoisotopic (exact) mass is 216 g/mol. The van der Waals surface area contributed by atoms with Crippen molar-refractivity contribution in [3.05, 3.63) is 0 Å². The highest BCUT2D eigenvalue weighted by Crippen LogP contribution is 2.24. The minimum atomic E-state index is -0.0562. The quantitative estimate of drug-likeness (QED) is 0.739. The van der Waals surface area contributed by atoms with E-state index in [1.165, 1.54) is 6.42 Å². The van der Waals surface area contributed by atoms with E-state index in [1.807, 2.05) is 18.7 Å². The summed E-state index contributed by atoms with van der Waals surface area (Å²) in [5.41, 5.74) is 5.43. The van der Waals surface area contributed by atoms with E-state index in [9.17, 15) is 4.79 Å². The largest absolute Gasteiger partial charge is 0.352 e. The summed E-state index contributed by atoms with van der Waals surface area (Å²) in [7, 11) is 0. The number of hydrogen-bond acceptors (Lipinski definition) is 3. The molecule has 0 aromatic rings. The van der Waals surface area contributed by atoms with Gasteiger partial charge >= 0.3 is 0 Å². The van der Waals surface area contributed by atoms with Gasteiger partial charge in [-0.15, -0.1) is 0 Å². The molecular formula is C10H20N2OS. The molecule has 14 heavy (non-hydrogen) atoms. The summed E-state index contributed by atoms with van der Waals surface area (Å²) in [6, 6.07) is 0.359. The van der Waals surface area contributed by atoms with Gasteiger partial charge in [-0.2, -0.15) is 11.8 Å². The minimum Gasteiger partial charge on any atom is -0.352 e. The highest BCUT2D eigenvalue weighted by molar-refractivity contribution is 7.99. The van der Waals surface area contributed by atoms with Gasteiger partial charge in [0.15, 0.2) is 0 Å². The van der Waals surface area contributed by atoms with Gasteiger partial charge in [0.25, 0.3) is 0 Å². The van der Waals surface area contributed by atoms with Crippen molar-refractivity contribution in [2.75, 3.05) is 12.3 Å². The summed E-state index contributed by atoms with van der Waals surface area (Å²) >= 11 is 1.94. The van der Waals surface area contributed by atoms with E-state index in [0.717, 1.165) is 17.4 Å². The number of nitrogens with one attached hydrogen (secondary N) is 1. The molecular weight excluding hydrogens is 196 g/mol. The van der Waals surface area contributed by atoms with E-state index >= 15 is 0 Å². The zero-order chi connectivity index (χ0) is 10.6. The molecule has 0 aliphatic carbocycles. The van der Waals surface area contributed by atoms with E-state index < -0.39 is 0 Å². The molecule has 1 rings (SSSR count). The van der Waals surface area contributed by atoms with Gasteiger partial charge in [0.05, 0.1) is 0 Å². The summed E-state index contributed by atoms with van der Waals surface area (Å²) < 4.78 is 0. The first-order chi connectivity index (χ1) is 6.63. The zero-order valence-electron chi connectivity index (χ0n) is 8.95. The normalized spacial score (nSPS) is 29.6. The minimum absolute atomic E-state index is 0.0562. The Kier molecular flexibility index (Phi) is 4.75. The van der Waals surface area contributed by atoms with Gasteiger partial charge in [0, 0.05) is 29.5 Å². The molecule has 0 bridgehead atoms. The molecule has 1 saturated heterocycles. The number of amides is 1. The molecule has 3 atom stereocenters. The average molecular weight is 216 g/mol. The molecule has 0 radical (unpaired) electrons. The van der Waals surface area contributed by atoms with Crippen LogP contribution in [0.25, 0.3) is 0 Å². The third-order valence-corrected chi connectivity index (χ3v) is 4.05. The van der Waals surface area contributed by atoms with Crippen molar-refractivity contribution in [1.82, 2.24) is 5.32 Å². The van der Waals surface area contributed by atoms with Gasteiger partial charge in [0.2, 0.25) is 5.91 Å². The zero-order valence-corrected chi connectivity index (χ0v) is 9.77. The van der Waals surface area contributed by atoms with Crippen LogP contribution < -0.4 is 11.1 Å². The summed E-state index contributed by atoms with van der Waals surface area (Å²) in [4.78, 5) is 11.5. The van der Waals surface area contributed by atoms with Crippen LogP contribution in [0.1, 0.15) is 26.7 Å². The predicted molar refractivity (Wildman–Crippen MR) is 61.3 cm³/mol. The lowest BCUT2D eigenvalue weighted by Gasteiger charge is -2.27. The number of thioether (sulfide) groups is 1. The van der Waals surface area contributed by atoms with E-state index in [1.54, 1.807) is 0 Å². The molecule has 1 amide bonds. The molecule has 3 N–H and O–H groups in total. The second-order valence-electron chi connectivity index (χ2n) is 4.06. The summed E-state index contributed by atoms with van der Waals surface area (Å²) in [6.45, 7) is 4.54. The van der Waals surface area contributed by atoms with Crippen molar-refractivity contribution in [3.63, 3.8) is 0 Å². The van der Waals surface area contributed by atoms with E-state index in [0.29, 0.717) is 12.6 Å². The molecule has 82 valence electrons. The number of nitrogens with two attached hydrogens (primary N) is 1. The smallest absolute Gasteiger partial charge is 0.224 e. The number of rotatable bonds is 3. The average Bonchev–Trinajstić information content (AvgIpc) is 2.20. The topological polar surface area (TPSA) is 55.1 Å². The van der Waals surface area contributed by atoms with Crippen LogP contribution in [-0.4, -0.2) is 29.5 Å². The lowest BCUT2D eigenvalue weighted by molar-refractivity contribution is -0.124. The Morgan fingerprint density at radius 1 is 1.64 bits per heavy atom. The lowest BCUT2D eigenvalue weighted by atomic mass is 10.1. The fourth-order valence-electron chi connectivity index (χ4n) is 1.45. The van der Waals surface area contributed by atoms with Crippen LogP contribution in [0.4, 0.5) is 0 Å². The van der Waals surface area contributed by atoms with Gasteiger partial charge in [0.1, 0.15) is 0 Å². The molecule has 3 nitrogen and oxygen atoms in total. The van der Waals surface area contributed by atoms with E-state index in [-0.39, 0.29) is 11.8 Å². The summed E-state index contributed by atoms with van der Waals surface area (Å²) in [5, 5.41) is 3.80. The Labute approximate surface area is 90.2 Å². The van der Waals surface area contributed by atoms with Crippen molar-refractivity contribution < 1.29 is 4.79 Å². The van der Waals surface area contributed by atoms with Crippen LogP contribution in [-0.2, 0) is 4.79 Å². The van der Waals surface area contributed by atoms with Crippen molar-refractivity contribution in [2.24, 2.45) is 11.7 Å². The van der Waals surface area contributed by atoms with Crippen LogP contribution in [0, 0.1) is 5.92 Å². The molecule has 3 unspecified atom stereocenters. The Morgan fingerprint density at radius 3 is 2.86 bits per heavy atom. The van der Waals surface area contributed by atoms with Crippen LogP contribution in [0.15, 0.2) is 0 Å². The molecule has 0 aromatic heterocycles. The van der Waals surface area contributed by atoms with Crippen molar-refractivity contribution in [3.8, 4) is 0 Å². The molecule has 1 aliphatic rings. The fourth-order valence-corrected chi connectivity index (χ4v) is 2.56. The van der Waals surface area contributed by atoms with Gasteiger partial charge < -0.3 is 11.1 Å². The molecule has 1 fully saturated rings. The number of hydrogen-bond donors (Lipinski definition) is 2. The van der Waals surface area contributed by atoms with Gasteiger partial charge in [-0.3, -0.25) is 4.79 Å². The van der Waals surface area contributed by atoms with Crippen LogP contribution in [0.5, 0.6) is 0 Å².